The molecule has 2 rings (SSSR count). The zero-order valence-electron chi connectivity index (χ0n) is 20.0. The lowest BCUT2D eigenvalue weighted by Gasteiger charge is -2.26. The maximum absolute atomic E-state index is 13.7. The van der Waals surface area contributed by atoms with Crippen molar-refractivity contribution in [2.45, 2.75) is 69.7 Å². The monoisotopic (exact) mass is 483 g/mol. The van der Waals surface area contributed by atoms with Gasteiger partial charge in [0.1, 0.15) is 5.78 Å². The van der Waals surface area contributed by atoms with E-state index in [2.05, 4.69) is 9.47 Å². The number of hydroxylamine groups is 1. The molecule has 0 amide bonds. The van der Waals surface area contributed by atoms with E-state index in [9.17, 15) is 22.8 Å². The van der Waals surface area contributed by atoms with Crippen molar-refractivity contribution in [3.8, 4) is 0 Å². The first-order valence-electron chi connectivity index (χ1n) is 10.9. The standard InChI is InChI=1S/C23H33NO8S/c1-14(2)18-8-7-9-19(15(3)4)21(18)33(28,29)24-16(10-11-32-24)12-17(25)13-20(22(26)30-5)23(27)31-6/h7-9,14-16,20H,10-13H2,1-6H3. The van der Waals surface area contributed by atoms with E-state index in [0.29, 0.717) is 17.5 Å². The van der Waals surface area contributed by atoms with Crippen molar-refractivity contribution in [2.75, 3.05) is 20.8 Å². The summed E-state index contributed by atoms with van der Waals surface area (Å²) in [5.74, 6) is -3.71. The summed E-state index contributed by atoms with van der Waals surface area (Å²) in [5.41, 5.74) is 1.36. The van der Waals surface area contributed by atoms with Gasteiger partial charge in [0.15, 0.2) is 5.92 Å². The van der Waals surface area contributed by atoms with Crippen molar-refractivity contribution in [3.63, 3.8) is 0 Å². The van der Waals surface area contributed by atoms with Crippen LogP contribution in [0.15, 0.2) is 23.1 Å². The van der Waals surface area contributed by atoms with Crippen molar-refractivity contribution >= 4 is 27.7 Å². The Hall–Kier alpha value is -2.30. The second kappa shape index (κ2) is 11.2. The molecule has 0 N–H and O–H groups in total. The van der Waals surface area contributed by atoms with Crippen LogP contribution in [-0.4, -0.2) is 57.5 Å². The van der Waals surface area contributed by atoms with Gasteiger partial charge in [0, 0.05) is 12.8 Å². The summed E-state index contributed by atoms with van der Waals surface area (Å²) in [6, 6.07) is 4.67. The van der Waals surface area contributed by atoms with Crippen LogP contribution in [-0.2, 0) is 38.7 Å². The summed E-state index contributed by atoms with van der Waals surface area (Å²) in [5, 5.41) is 0. The van der Waals surface area contributed by atoms with E-state index >= 15 is 0 Å². The molecule has 1 aliphatic heterocycles. The van der Waals surface area contributed by atoms with Crippen LogP contribution in [0.25, 0.3) is 0 Å². The molecule has 33 heavy (non-hydrogen) atoms. The van der Waals surface area contributed by atoms with Gasteiger partial charge in [-0.3, -0.25) is 19.2 Å². The zero-order chi connectivity index (χ0) is 24.9. The number of carbonyl (C=O) groups excluding carboxylic acids is 3. The zero-order valence-corrected chi connectivity index (χ0v) is 20.8. The minimum atomic E-state index is -4.08. The molecular formula is C23H33NO8S. The second-order valence-corrected chi connectivity index (χ2v) is 10.4. The van der Waals surface area contributed by atoms with E-state index in [4.69, 9.17) is 4.84 Å². The number of sulfonamides is 1. The van der Waals surface area contributed by atoms with Crippen molar-refractivity contribution in [1.82, 2.24) is 4.47 Å². The Morgan fingerprint density at radius 2 is 1.55 bits per heavy atom. The largest absolute Gasteiger partial charge is 0.468 e. The maximum atomic E-state index is 13.7. The molecule has 1 unspecified atom stereocenters. The van der Waals surface area contributed by atoms with Gasteiger partial charge >= 0.3 is 11.9 Å². The van der Waals surface area contributed by atoms with Gasteiger partial charge in [-0.2, -0.15) is 0 Å². The number of ether oxygens (including phenoxy) is 2. The summed E-state index contributed by atoms with van der Waals surface area (Å²) >= 11 is 0. The minimum Gasteiger partial charge on any atom is -0.468 e. The molecule has 1 fully saturated rings. The quantitative estimate of drug-likeness (QED) is 0.368. The number of rotatable bonds is 10. The smallest absolute Gasteiger partial charge is 0.320 e. The van der Waals surface area contributed by atoms with Crippen LogP contribution < -0.4 is 0 Å². The van der Waals surface area contributed by atoms with Gasteiger partial charge < -0.3 is 9.47 Å². The minimum absolute atomic E-state index is 0.0444. The van der Waals surface area contributed by atoms with E-state index in [0.717, 1.165) is 18.7 Å². The number of benzene rings is 1. The number of carbonyl (C=O) groups is 3. The van der Waals surface area contributed by atoms with Crippen molar-refractivity contribution < 1.29 is 37.1 Å². The Balaban J connectivity index is 2.34. The first kappa shape index (κ1) is 26.9. The first-order chi connectivity index (χ1) is 15.4. The normalized spacial score (nSPS) is 17.1. The molecule has 1 saturated heterocycles. The Morgan fingerprint density at radius 3 is 2.00 bits per heavy atom. The van der Waals surface area contributed by atoms with E-state index in [-0.39, 0.29) is 29.8 Å². The van der Waals surface area contributed by atoms with Gasteiger partial charge in [-0.1, -0.05) is 50.4 Å². The summed E-state index contributed by atoms with van der Waals surface area (Å²) in [6.07, 6.45) is -0.332. The third-order valence-corrected chi connectivity index (χ3v) is 7.51. The van der Waals surface area contributed by atoms with Crippen LogP contribution in [0.5, 0.6) is 0 Å². The SMILES string of the molecule is COC(=O)C(CC(=O)CC1CCON1S(=O)(=O)c1c(C(C)C)cccc1C(C)C)C(=O)OC. The van der Waals surface area contributed by atoms with Crippen LogP contribution in [0.3, 0.4) is 0 Å². The molecule has 1 atom stereocenters. The van der Waals surface area contributed by atoms with Crippen LogP contribution in [0, 0.1) is 5.92 Å². The molecule has 0 bridgehead atoms. The molecular weight excluding hydrogens is 450 g/mol. The van der Waals surface area contributed by atoms with Gasteiger partial charge in [0.2, 0.25) is 0 Å². The average molecular weight is 484 g/mol. The fourth-order valence-electron chi connectivity index (χ4n) is 3.92. The van der Waals surface area contributed by atoms with Gasteiger partial charge in [0.05, 0.1) is 31.8 Å². The fraction of sp³-hybridized carbons (Fsp3) is 0.609. The van der Waals surface area contributed by atoms with E-state index in [1.165, 1.54) is 0 Å². The highest BCUT2D eigenvalue weighted by molar-refractivity contribution is 7.89. The molecule has 1 heterocycles. The highest BCUT2D eigenvalue weighted by atomic mass is 32.2. The van der Waals surface area contributed by atoms with Crippen molar-refractivity contribution in [1.29, 1.82) is 0 Å². The molecule has 1 aromatic carbocycles. The molecule has 0 aromatic heterocycles. The highest BCUT2D eigenvalue weighted by Gasteiger charge is 2.41. The lowest BCUT2D eigenvalue weighted by molar-refractivity contribution is -0.160. The predicted octanol–water partition coefficient (Wildman–Crippen LogP) is 2.94. The van der Waals surface area contributed by atoms with Crippen LogP contribution in [0.2, 0.25) is 0 Å². The predicted molar refractivity (Wildman–Crippen MR) is 120 cm³/mol. The summed E-state index contributed by atoms with van der Waals surface area (Å²) in [4.78, 5) is 42.2. The lowest BCUT2D eigenvalue weighted by Crippen LogP contribution is -2.38. The Bertz CT molecular complexity index is 944. The number of esters is 2. The molecule has 0 aliphatic carbocycles. The third-order valence-electron chi connectivity index (χ3n) is 5.65. The highest BCUT2D eigenvalue weighted by Crippen LogP contribution is 2.36. The first-order valence-corrected chi connectivity index (χ1v) is 12.4. The average Bonchev–Trinajstić information content (AvgIpc) is 3.24. The Morgan fingerprint density at radius 1 is 1.03 bits per heavy atom. The van der Waals surface area contributed by atoms with E-state index in [1.54, 1.807) is 12.1 Å². The molecule has 0 spiro atoms. The molecule has 0 saturated carbocycles. The number of ketones is 1. The second-order valence-electron chi connectivity index (χ2n) is 8.66. The summed E-state index contributed by atoms with van der Waals surface area (Å²) in [7, 11) is -1.86. The lowest BCUT2D eigenvalue weighted by atomic mass is 9.95. The maximum Gasteiger partial charge on any atom is 0.320 e. The van der Waals surface area contributed by atoms with E-state index < -0.39 is 46.1 Å². The molecule has 9 nitrogen and oxygen atoms in total. The van der Waals surface area contributed by atoms with E-state index in [1.807, 2.05) is 33.8 Å². The fourth-order valence-corrected chi connectivity index (χ4v) is 6.09. The van der Waals surface area contributed by atoms with Gasteiger partial charge in [0.25, 0.3) is 10.0 Å². The van der Waals surface area contributed by atoms with Gasteiger partial charge in [-0.25, -0.2) is 8.42 Å². The Kier molecular flexibility index (Phi) is 9.16. The Labute approximate surface area is 195 Å². The topological polar surface area (TPSA) is 116 Å². The number of Topliss-reactive ketones (excluding diaryl/α,β-unsaturated/α-hetero) is 1. The van der Waals surface area contributed by atoms with Crippen LogP contribution in [0.4, 0.5) is 0 Å². The summed E-state index contributed by atoms with van der Waals surface area (Å²) in [6.45, 7) is 7.82. The van der Waals surface area contributed by atoms with Crippen molar-refractivity contribution in [2.24, 2.45) is 5.92 Å². The number of methoxy groups -OCH3 is 2. The van der Waals surface area contributed by atoms with Gasteiger partial charge in [-0.15, -0.1) is 0 Å². The van der Waals surface area contributed by atoms with Crippen molar-refractivity contribution in [3.05, 3.63) is 29.3 Å². The number of hydrogen-bond acceptors (Lipinski definition) is 8. The van der Waals surface area contributed by atoms with Crippen LogP contribution >= 0.6 is 0 Å². The summed E-state index contributed by atoms with van der Waals surface area (Å²) < 4.78 is 37.6. The molecule has 1 aliphatic rings. The molecule has 10 heteroatoms. The van der Waals surface area contributed by atoms with Crippen LogP contribution in [0.1, 0.15) is 69.9 Å². The molecule has 0 radical (unpaired) electrons. The molecule has 1 aromatic rings. The third kappa shape index (κ3) is 5.99. The van der Waals surface area contributed by atoms with Gasteiger partial charge in [-0.05, 0) is 29.4 Å². The number of nitrogens with zero attached hydrogens (tertiary/aromatic N) is 1. The molecule has 184 valence electrons. The number of hydrogen-bond donors (Lipinski definition) is 0.